The van der Waals surface area contributed by atoms with E-state index in [1.54, 1.807) is 0 Å². The summed E-state index contributed by atoms with van der Waals surface area (Å²) in [5, 5.41) is 0. The summed E-state index contributed by atoms with van der Waals surface area (Å²) in [6.07, 6.45) is 10.5. The van der Waals surface area contributed by atoms with Gasteiger partial charge in [-0.15, -0.1) is 0 Å². The van der Waals surface area contributed by atoms with Crippen molar-refractivity contribution in [3.8, 4) is 0 Å². The highest BCUT2D eigenvalue weighted by Crippen LogP contribution is 2.37. The van der Waals surface area contributed by atoms with Crippen LogP contribution in [-0.4, -0.2) is 9.65 Å². The van der Waals surface area contributed by atoms with Gasteiger partial charge in [-0.1, -0.05) is 56.2 Å². The highest BCUT2D eigenvalue weighted by Gasteiger charge is 2.29. The van der Waals surface area contributed by atoms with E-state index in [0.717, 1.165) is 11.8 Å². The van der Waals surface area contributed by atoms with Crippen LogP contribution >= 0.6 is 31.9 Å². The van der Waals surface area contributed by atoms with E-state index in [1.807, 2.05) is 0 Å². The molecule has 0 nitrogen and oxygen atoms in total. The van der Waals surface area contributed by atoms with Crippen LogP contribution < -0.4 is 0 Å². The molecule has 2 heteroatoms. The molecule has 0 heterocycles. The lowest BCUT2D eigenvalue weighted by Gasteiger charge is -2.32. The predicted molar refractivity (Wildman–Crippen MR) is 55.3 cm³/mol. The maximum atomic E-state index is 3.64. The van der Waals surface area contributed by atoms with Gasteiger partial charge in [0, 0.05) is 9.65 Å². The molecule has 0 aromatic carbocycles. The van der Waals surface area contributed by atoms with E-state index >= 15 is 0 Å². The summed E-state index contributed by atoms with van der Waals surface area (Å²) < 4.78 is 0. The van der Waals surface area contributed by atoms with Crippen molar-refractivity contribution in [3.05, 3.63) is 24.3 Å². The summed E-state index contributed by atoms with van der Waals surface area (Å²) in [7, 11) is 0. The Kier molecular flexibility index (Phi) is 2.24. The van der Waals surface area contributed by atoms with Gasteiger partial charge in [0.2, 0.25) is 0 Å². The quantitative estimate of drug-likeness (QED) is 0.471. The van der Waals surface area contributed by atoms with Crippen LogP contribution in [0.15, 0.2) is 24.3 Å². The fraction of sp³-hybridized carbons (Fsp3) is 0.556. The van der Waals surface area contributed by atoms with E-state index < -0.39 is 0 Å². The monoisotopic (exact) mass is 276 g/mol. The first-order valence-electron chi connectivity index (χ1n) is 3.92. The number of rotatable bonds is 0. The van der Waals surface area contributed by atoms with Crippen molar-refractivity contribution >= 4 is 31.9 Å². The van der Waals surface area contributed by atoms with Crippen LogP contribution in [0.5, 0.6) is 0 Å². The molecule has 0 radical (unpaired) electrons. The second-order valence-electron chi connectivity index (χ2n) is 3.22. The van der Waals surface area contributed by atoms with Gasteiger partial charge in [-0.25, -0.2) is 0 Å². The van der Waals surface area contributed by atoms with Crippen molar-refractivity contribution in [3.63, 3.8) is 0 Å². The lowest BCUT2D eigenvalue weighted by Crippen LogP contribution is -2.27. The van der Waals surface area contributed by atoms with Gasteiger partial charge in [-0.2, -0.15) is 0 Å². The number of allylic oxidation sites excluding steroid dienone is 4. The highest BCUT2D eigenvalue weighted by molar-refractivity contribution is 9.10. The van der Waals surface area contributed by atoms with Crippen molar-refractivity contribution in [1.82, 2.24) is 0 Å². The molecule has 0 N–H and O–H groups in total. The minimum Gasteiger partial charge on any atom is -0.0839 e. The van der Waals surface area contributed by atoms with E-state index in [2.05, 4.69) is 56.2 Å². The molecule has 0 unspecified atom stereocenters. The smallest absolute Gasteiger partial charge is 0.0388 e. The van der Waals surface area contributed by atoms with Gasteiger partial charge in [0.15, 0.2) is 0 Å². The van der Waals surface area contributed by atoms with Crippen molar-refractivity contribution in [1.29, 1.82) is 0 Å². The Hall–Kier alpha value is 0.440. The molecule has 2 rings (SSSR count). The topological polar surface area (TPSA) is 0 Å². The van der Waals surface area contributed by atoms with Gasteiger partial charge in [-0.05, 0) is 18.3 Å². The molecule has 0 amide bonds. The zero-order valence-electron chi connectivity index (χ0n) is 6.08. The van der Waals surface area contributed by atoms with Crippen LogP contribution in [0.1, 0.15) is 6.42 Å². The van der Waals surface area contributed by atoms with E-state index in [4.69, 9.17) is 0 Å². The molecule has 0 fully saturated rings. The van der Waals surface area contributed by atoms with Gasteiger partial charge in [0.05, 0.1) is 0 Å². The third-order valence-electron chi connectivity index (χ3n) is 2.45. The van der Waals surface area contributed by atoms with Crippen LogP contribution in [0.3, 0.4) is 0 Å². The molecular weight excluding hydrogens is 268 g/mol. The maximum Gasteiger partial charge on any atom is 0.0388 e. The zero-order chi connectivity index (χ0) is 7.84. The third-order valence-corrected chi connectivity index (χ3v) is 4.42. The SMILES string of the molecule is Br[C@@H]1C=C[C@@H]2C[C@H]1C=C[C@H]2Br. The average molecular weight is 278 g/mol. The average Bonchev–Trinajstić information content (AvgIpc) is 2.02. The lowest BCUT2D eigenvalue weighted by molar-refractivity contribution is 0.462. The number of hydrogen-bond donors (Lipinski definition) is 0. The van der Waals surface area contributed by atoms with Crippen LogP contribution in [0.4, 0.5) is 0 Å². The highest BCUT2D eigenvalue weighted by atomic mass is 79.9. The second kappa shape index (κ2) is 3.06. The van der Waals surface area contributed by atoms with E-state index in [0.29, 0.717) is 9.65 Å². The Bertz CT molecular complexity index is 186. The number of fused-ring (bicyclic) bond motifs is 2. The first-order chi connectivity index (χ1) is 5.27. The molecule has 60 valence electrons. The lowest BCUT2D eigenvalue weighted by atomic mass is 9.80. The number of alkyl halides is 2. The normalized spacial score (nSPS) is 47.8. The van der Waals surface area contributed by atoms with Gasteiger partial charge in [0.25, 0.3) is 0 Å². The Morgan fingerprint density at radius 3 is 1.73 bits per heavy atom. The Labute approximate surface area is 84.0 Å². The molecule has 4 atom stereocenters. The van der Waals surface area contributed by atoms with Crippen molar-refractivity contribution < 1.29 is 0 Å². The van der Waals surface area contributed by atoms with Crippen molar-refractivity contribution in [2.45, 2.75) is 16.1 Å². The first-order valence-corrected chi connectivity index (χ1v) is 5.75. The Balaban J connectivity index is 2.24. The molecule has 2 bridgehead atoms. The van der Waals surface area contributed by atoms with Crippen molar-refractivity contribution in [2.24, 2.45) is 11.8 Å². The largest absolute Gasteiger partial charge is 0.0839 e. The standard InChI is InChI=1S/C9H10Br2/c10-8-3-1-6-5-7(8)2-4-9(6)11/h1-4,6-9H,5H2/t6-,7-,8-,9-/m1/s1. The Morgan fingerprint density at radius 2 is 1.27 bits per heavy atom. The molecule has 2 aliphatic rings. The van der Waals surface area contributed by atoms with Crippen LogP contribution in [-0.2, 0) is 0 Å². The molecule has 0 spiro atoms. The van der Waals surface area contributed by atoms with Crippen LogP contribution in [0, 0.1) is 11.8 Å². The van der Waals surface area contributed by atoms with Crippen LogP contribution in [0.25, 0.3) is 0 Å². The summed E-state index contributed by atoms with van der Waals surface area (Å²) in [6, 6.07) is 0. The van der Waals surface area contributed by atoms with Gasteiger partial charge < -0.3 is 0 Å². The predicted octanol–water partition coefficient (Wildman–Crippen LogP) is 3.28. The summed E-state index contributed by atoms with van der Waals surface area (Å²) in [4.78, 5) is 1.13. The van der Waals surface area contributed by atoms with Gasteiger partial charge in [0.1, 0.15) is 0 Å². The molecule has 0 saturated carbocycles. The van der Waals surface area contributed by atoms with Crippen molar-refractivity contribution in [2.75, 3.05) is 0 Å². The summed E-state index contributed by atoms with van der Waals surface area (Å²) in [6.45, 7) is 0. The summed E-state index contributed by atoms with van der Waals surface area (Å²) in [5.74, 6) is 1.44. The molecular formula is C9H10Br2. The molecule has 0 aromatic heterocycles. The molecule has 0 saturated heterocycles. The Morgan fingerprint density at radius 1 is 0.818 bits per heavy atom. The maximum absolute atomic E-state index is 3.64. The second-order valence-corrected chi connectivity index (χ2v) is 5.34. The third kappa shape index (κ3) is 1.48. The molecule has 11 heavy (non-hydrogen) atoms. The first kappa shape index (κ1) is 8.06. The number of halogens is 2. The summed E-state index contributed by atoms with van der Waals surface area (Å²) >= 11 is 7.29. The van der Waals surface area contributed by atoms with Gasteiger partial charge in [-0.3, -0.25) is 0 Å². The van der Waals surface area contributed by atoms with Gasteiger partial charge >= 0.3 is 0 Å². The van der Waals surface area contributed by atoms with Crippen LogP contribution in [0.2, 0.25) is 0 Å². The minimum absolute atomic E-state index is 0.565. The van der Waals surface area contributed by atoms with E-state index in [-0.39, 0.29) is 0 Å². The zero-order valence-corrected chi connectivity index (χ0v) is 9.25. The summed E-state index contributed by atoms with van der Waals surface area (Å²) in [5.41, 5.74) is 0. The van der Waals surface area contributed by atoms with E-state index in [9.17, 15) is 0 Å². The molecule has 2 aliphatic carbocycles. The van der Waals surface area contributed by atoms with E-state index in [1.165, 1.54) is 6.42 Å². The fourth-order valence-corrected chi connectivity index (χ4v) is 2.86. The molecule has 0 aliphatic heterocycles. The minimum atomic E-state index is 0.565. The fourth-order valence-electron chi connectivity index (χ4n) is 1.73. The number of hydrogen-bond acceptors (Lipinski definition) is 0. The molecule has 0 aromatic rings.